The van der Waals surface area contributed by atoms with Crippen molar-refractivity contribution in [2.24, 2.45) is 0 Å². The molecule has 0 aliphatic carbocycles. The molecule has 0 aliphatic heterocycles. The fourth-order valence-electron chi connectivity index (χ4n) is 1.94. The zero-order chi connectivity index (χ0) is 12.9. The van der Waals surface area contributed by atoms with E-state index in [0.29, 0.717) is 0 Å². The third-order valence-corrected chi connectivity index (χ3v) is 2.96. The molecule has 1 aromatic carbocycles. The first-order valence-electron chi connectivity index (χ1n) is 6.27. The van der Waals surface area contributed by atoms with Gasteiger partial charge >= 0.3 is 0 Å². The van der Waals surface area contributed by atoms with Crippen LogP contribution in [0.5, 0.6) is 0 Å². The van der Waals surface area contributed by atoms with E-state index in [4.69, 9.17) is 0 Å². The number of benzene rings is 1. The van der Waals surface area contributed by atoms with Gasteiger partial charge in [0, 0.05) is 24.4 Å². The summed E-state index contributed by atoms with van der Waals surface area (Å²) in [5.41, 5.74) is 2.29. The Labute approximate surface area is 111 Å². The van der Waals surface area contributed by atoms with E-state index in [0.717, 1.165) is 30.1 Å². The molecule has 0 radical (unpaired) electrons. The lowest BCUT2D eigenvalue weighted by atomic mass is 10.1. The van der Waals surface area contributed by atoms with Gasteiger partial charge in [0.05, 0.1) is 0 Å². The van der Waals surface area contributed by atoms with E-state index in [1.165, 1.54) is 5.56 Å². The van der Waals surface area contributed by atoms with Crippen molar-refractivity contribution in [2.75, 3.05) is 0 Å². The van der Waals surface area contributed by atoms with E-state index in [9.17, 15) is 0 Å². The summed E-state index contributed by atoms with van der Waals surface area (Å²) in [5, 5.41) is 7.23. The topological polar surface area (TPSA) is 54.5 Å². The molecule has 4 heteroatoms. The Morgan fingerprint density at radius 3 is 2.47 bits per heavy atom. The van der Waals surface area contributed by atoms with Gasteiger partial charge in [-0.1, -0.05) is 30.3 Å². The molecule has 94 valence electrons. The van der Waals surface area contributed by atoms with Crippen molar-refractivity contribution < 1.29 is 0 Å². The van der Waals surface area contributed by atoms with Crippen LogP contribution in [0, 0.1) is 0 Å². The van der Waals surface area contributed by atoms with Gasteiger partial charge in [-0.25, -0.2) is 4.98 Å². The van der Waals surface area contributed by atoms with Crippen LogP contribution in [0.25, 0.3) is 11.4 Å². The minimum atomic E-state index is 0.727. The molecule has 0 amide bonds. The predicted molar refractivity (Wildman–Crippen MR) is 73.5 cm³/mol. The summed E-state index contributed by atoms with van der Waals surface area (Å²) in [6.07, 6.45) is 5.32. The van der Waals surface area contributed by atoms with Crippen LogP contribution in [0.3, 0.4) is 0 Å². The van der Waals surface area contributed by atoms with Crippen molar-refractivity contribution in [3.63, 3.8) is 0 Å². The molecular weight excluding hydrogens is 236 g/mol. The lowest BCUT2D eigenvalue weighted by molar-refractivity contribution is 0.865. The maximum Gasteiger partial charge on any atom is 0.181 e. The van der Waals surface area contributed by atoms with Gasteiger partial charge in [0.2, 0.25) is 0 Å². The number of hydrogen-bond donors (Lipinski definition) is 1. The first-order chi connectivity index (χ1) is 9.42. The molecule has 4 nitrogen and oxygen atoms in total. The van der Waals surface area contributed by atoms with E-state index in [2.05, 4.69) is 44.4 Å². The summed E-state index contributed by atoms with van der Waals surface area (Å²) in [5.74, 6) is 1.64. The Morgan fingerprint density at radius 1 is 0.895 bits per heavy atom. The Balaban J connectivity index is 1.69. The Bertz CT molecular complexity index is 632. The number of nitrogens with one attached hydrogen (secondary N) is 1. The number of nitrogens with zero attached hydrogens (tertiary/aromatic N) is 3. The van der Waals surface area contributed by atoms with Crippen molar-refractivity contribution in [3.05, 3.63) is 66.2 Å². The molecule has 2 aromatic heterocycles. The SMILES string of the molecule is c1ccc(CCc2nc(-c3ccncc3)n[nH]2)cc1. The van der Waals surface area contributed by atoms with Gasteiger partial charge in [-0.3, -0.25) is 10.1 Å². The van der Waals surface area contributed by atoms with Gasteiger partial charge in [0.15, 0.2) is 5.82 Å². The van der Waals surface area contributed by atoms with Crippen molar-refractivity contribution in [1.82, 2.24) is 20.2 Å². The van der Waals surface area contributed by atoms with Crippen LogP contribution >= 0.6 is 0 Å². The molecule has 1 N–H and O–H groups in total. The maximum absolute atomic E-state index is 4.50. The van der Waals surface area contributed by atoms with Crippen LogP contribution in [0.1, 0.15) is 11.4 Å². The fourth-order valence-corrected chi connectivity index (χ4v) is 1.94. The molecule has 19 heavy (non-hydrogen) atoms. The standard InChI is InChI=1S/C15H14N4/c1-2-4-12(5-3-1)6-7-14-17-15(19-18-14)13-8-10-16-11-9-13/h1-5,8-11H,6-7H2,(H,17,18,19). The molecular formula is C15H14N4. The second kappa shape index (κ2) is 5.44. The van der Waals surface area contributed by atoms with Crippen LogP contribution in [-0.2, 0) is 12.8 Å². The maximum atomic E-state index is 4.50. The Morgan fingerprint density at radius 2 is 1.68 bits per heavy atom. The second-order valence-electron chi connectivity index (χ2n) is 4.33. The minimum absolute atomic E-state index is 0.727. The number of aromatic nitrogens is 4. The zero-order valence-corrected chi connectivity index (χ0v) is 10.5. The lowest BCUT2D eigenvalue weighted by Gasteiger charge is -1.97. The fraction of sp³-hybridized carbons (Fsp3) is 0.133. The first kappa shape index (κ1) is 11.6. The van der Waals surface area contributed by atoms with Crippen molar-refractivity contribution in [3.8, 4) is 11.4 Å². The van der Waals surface area contributed by atoms with Crippen molar-refractivity contribution >= 4 is 0 Å². The van der Waals surface area contributed by atoms with Crippen LogP contribution < -0.4 is 0 Å². The lowest BCUT2D eigenvalue weighted by Crippen LogP contribution is -1.93. The van der Waals surface area contributed by atoms with E-state index in [1.807, 2.05) is 18.2 Å². The number of pyridine rings is 1. The largest absolute Gasteiger partial charge is 0.265 e. The Hall–Kier alpha value is -2.49. The van der Waals surface area contributed by atoms with Crippen molar-refractivity contribution in [2.45, 2.75) is 12.8 Å². The third kappa shape index (κ3) is 2.85. The summed E-state index contributed by atoms with van der Waals surface area (Å²) < 4.78 is 0. The van der Waals surface area contributed by atoms with E-state index < -0.39 is 0 Å². The number of H-pyrrole nitrogens is 1. The minimum Gasteiger partial charge on any atom is -0.265 e. The summed E-state index contributed by atoms with van der Waals surface area (Å²) in [7, 11) is 0. The van der Waals surface area contributed by atoms with Gasteiger partial charge in [-0.2, -0.15) is 5.10 Å². The molecule has 0 unspecified atom stereocenters. The highest BCUT2D eigenvalue weighted by Crippen LogP contribution is 2.13. The van der Waals surface area contributed by atoms with E-state index >= 15 is 0 Å². The number of aryl methyl sites for hydroxylation is 2. The van der Waals surface area contributed by atoms with Crippen LogP contribution in [0.2, 0.25) is 0 Å². The summed E-state index contributed by atoms with van der Waals surface area (Å²) in [6, 6.07) is 14.2. The molecule has 0 fully saturated rings. The van der Waals surface area contributed by atoms with E-state index in [-0.39, 0.29) is 0 Å². The molecule has 2 heterocycles. The monoisotopic (exact) mass is 250 g/mol. The van der Waals surface area contributed by atoms with Gasteiger partial charge < -0.3 is 0 Å². The summed E-state index contributed by atoms with van der Waals surface area (Å²) in [4.78, 5) is 8.49. The average molecular weight is 250 g/mol. The number of rotatable bonds is 4. The molecule has 3 rings (SSSR count). The average Bonchev–Trinajstić information content (AvgIpc) is 2.96. The highest BCUT2D eigenvalue weighted by atomic mass is 15.2. The second-order valence-corrected chi connectivity index (χ2v) is 4.33. The molecule has 0 bridgehead atoms. The molecule has 0 saturated carbocycles. The zero-order valence-electron chi connectivity index (χ0n) is 10.5. The predicted octanol–water partition coefficient (Wildman–Crippen LogP) is 2.65. The highest BCUT2D eigenvalue weighted by Gasteiger charge is 2.05. The van der Waals surface area contributed by atoms with Gasteiger partial charge in [0.1, 0.15) is 5.82 Å². The Kier molecular flexibility index (Phi) is 3.32. The van der Waals surface area contributed by atoms with Crippen LogP contribution in [-0.4, -0.2) is 20.2 Å². The molecule has 0 saturated heterocycles. The highest BCUT2D eigenvalue weighted by molar-refractivity contribution is 5.52. The first-order valence-corrected chi connectivity index (χ1v) is 6.27. The van der Waals surface area contributed by atoms with Gasteiger partial charge in [-0.05, 0) is 24.1 Å². The normalized spacial score (nSPS) is 10.5. The van der Waals surface area contributed by atoms with Crippen LogP contribution in [0.4, 0.5) is 0 Å². The number of hydrogen-bond acceptors (Lipinski definition) is 3. The number of aromatic amines is 1. The summed E-state index contributed by atoms with van der Waals surface area (Å²) >= 11 is 0. The van der Waals surface area contributed by atoms with Crippen LogP contribution in [0.15, 0.2) is 54.9 Å². The van der Waals surface area contributed by atoms with Gasteiger partial charge in [0.25, 0.3) is 0 Å². The quantitative estimate of drug-likeness (QED) is 0.774. The third-order valence-electron chi connectivity index (χ3n) is 2.96. The molecule has 0 spiro atoms. The smallest absolute Gasteiger partial charge is 0.181 e. The van der Waals surface area contributed by atoms with Gasteiger partial charge in [-0.15, -0.1) is 0 Å². The van der Waals surface area contributed by atoms with E-state index in [1.54, 1.807) is 12.4 Å². The van der Waals surface area contributed by atoms with Crippen molar-refractivity contribution in [1.29, 1.82) is 0 Å². The molecule has 0 aliphatic rings. The summed E-state index contributed by atoms with van der Waals surface area (Å²) in [6.45, 7) is 0. The molecule has 0 atom stereocenters. The molecule has 3 aromatic rings.